The van der Waals surface area contributed by atoms with Crippen molar-refractivity contribution < 1.29 is 0 Å². The molecule has 1 aromatic heterocycles. The van der Waals surface area contributed by atoms with Crippen LogP contribution in [0, 0.1) is 0 Å². The van der Waals surface area contributed by atoms with Gasteiger partial charge in [0.05, 0.1) is 6.04 Å². The molecule has 0 spiro atoms. The molecule has 3 rings (SSSR count). The summed E-state index contributed by atoms with van der Waals surface area (Å²) < 4.78 is 0. The summed E-state index contributed by atoms with van der Waals surface area (Å²) in [6.45, 7) is 7.57. The van der Waals surface area contributed by atoms with Gasteiger partial charge < -0.3 is 10.2 Å². The van der Waals surface area contributed by atoms with E-state index in [4.69, 9.17) is 0 Å². The average molecular weight is 286 g/mol. The van der Waals surface area contributed by atoms with Gasteiger partial charge in [-0.3, -0.25) is 0 Å². The number of benzene rings is 1. The molecule has 0 radical (unpaired) electrons. The lowest BCUT2D eigenvalue weighted by molar-refractivity contribution is 0.625. The van der Waals surface area contributed by atoms with Gasteiger partial charge in [-0.25, -0.2) is 0 Å². The number of para-hydroxylation sites is 1. The molecule has 0 bridgehead atoms. The third kappa shape index (κ3) is 2.48. The van der Waals surface area contributed by atoms with E-state index >= 15 is 0 Å². The molecule has 0 saturated carbocycles. The van der Waals surface area contributed by atoms with Crippen molar-refractivity contribution in [3.05, 3.63) is 51.7 Å². The van der Waals surface area contributed by atoms with Crippen molar-refractivity contribution in [3.63, 3.8) is 0 Å². The van der Waals surface area contributed by atoms with Crippen LogP contribution in [0.3, 0.4) is 0 Å². The highest BCUT2D eigenvalue weighted by Gasteiger charge is 2.25. The first-order chi connectivity index (χ1) is 9.81. The molecule has 2 heterocycles. The first kappa shape index (κ1) is 13.7. The average Bonchev–Trinajstić information content (AvgIpc) is 2.95. The van der Waals surface area contributed by atoms with Gasteiger partial charge in [0, 0.05) is 23.7 Å². The molecular weight excluding hydrogens is 264 g/mol. The zero-order valence-corrected chi connectivity index (χ0v) is 13.0. The third-order valence-corrected chi connectivity index (χ3v) is 5.14. The molecule has 0 fully saturated rings. The molecule has 0 amide bonds. The zero-order chi connectivity index (χ0) is 13.9. The molecule has 3 heteroatoms. The standard InChI is InChI=1S/C17H22N2S/c1-3-18-12-14-6-4-5-7-16(14)19-10-8-17-15(13(19)2)9-11-20-17/h4-7,9,11,13,18H,3,8,10,12H2,1-2H3. The Morgan fingerprint density at radius 2 is 2.15 bits per heavy atom. The summed E-state index contributed by atoms with van der Waals surface area (Å²) >= 11 is 1.91. The minimum atomic E-state index is 0.479. The number of thiophene rings is 1. The maximum atomic E-state index is 3.45. The van der Waals surface area contributed by atoms with Gasteiger partial charge >= 0.3 is 0 Å². The first-order valence-corrected chi connectivity index (χ1v) is 8.30. The number of nitrogens with zero attached hydrogens (tertiary/aromatic N) is 1. The molecule has 1 unspecified atom stereocenters. The van der Waals surface area contributed by atoms with Gasteiger partial charge in [-0.1, -0.05) is 25.1 Å². The molecular formula is C17H22N2S. The van der Waals surface area contributed by atoms with Crippen molar-refractivity contribution in [2.24, 2.45) is 0 Å². The molecule has 1 aliphatic heterocycles. The number of rotatable bonds is 4. The molecule has 1 atom stereocenters. The van der Waals surface area contributed by atoms with Gasteiger partial charge in [0.1, 0.15) is 0 Å². The van der Waals surface area contributed by atoms with E-state index in [1.807, 2.05) is 11.3 Å². The Morgan fingerprint density at radius 1 is 1.30 bits per heavy atom. The Hall–Kier alpha value is -1.32. The highest BCUT2D eigenvalue weighted by molar-refractivity contribution is 7.10. The van der Waals surface area contributed by atoms with Gasteiger partial charge in [-0.05, 0) is 48.5 Å². The summed E-state index contributed by atoms with van der Waals surface area (Å²) in [6, 6.07) is 11.6. The molecule has 1 aliphatic rings. The summed E-state index contributed by atoms with van der Waals surface area (Å²) in [4.78, 5) is 4.12. The SMILES string of the molecule is CCNCc1ccccc1N1CCc2sccc2C1C. The number of hydrogen-bond donors (Lipinski definition) is 1. The summed E-state index contributed by atoms with van der Waals surface area (Å²) in [5, 5.41) is 5.68. The quantitative estimate of drug-likeness (QED) is 0.914. The van der Waals surface area contributed by atoms with Crippen LogP contribution in [0.25, 0.3) is 0 Å². The molecule has 1 aromatic carbocycles. The lowest BCUT2D eigenvalue weighted by atomic mass is 9.99. The second-order valence-corrected chi connectivity index (χ2v) is 6.33. The molecule has 106 valence electrons. The van der Waals surface area contributed by atoms with Crippen molar-refractivity contribution in [2.45, 2.75) is 32.9 Å². The minimum Gasteiger partial charge on any atom is -0.364 e. The molecule has 20 heavy (non-hydrogen) atoms. The highest BCUT2D eigenvalue weighted by atomic mass is 32.1. The highest BCUT2D eigenvalue weighted by Crippen LogP contribution is 2.37. The topological polar surface area (TPSA) is 15.3 Å². The first-order valence-electron chi connectivity index (χ1n) is 7.42. The van der Waals surface area contributed by atoms with Crippen LogP contribution in [0.15, 0.2) is 35.7 Å². The van der Waals surface area contributed by atoms with Gasteiger partial charge in [0.15, 0.2) is 0 Å². The zero-order valence-electron chi connectivity index (χ0n) is 12.2. The summed E-state index contributed by atoms with van der Waals surface area (Å²) in [5.41, 5.74) is 4.30. The Kier molecular flexibility index (Phi) is 4.08. The van der Waals surface area contributed by atoms with Crippen LogP contribution >= 0.6 is 11.3 Å². The van der Waals surface area contributed by atoms with Crippen molar-refractivity contribution in [1.82, 2.24) is 5.32 Å². The van der Waals surface area contributed by atoms with Crippen LogP contribution in [0.4, 0.5) is 5.69 Å². The Labute approximate surface area is 125 Å². The van der Waals surface area contributed by atoms with E-state index in [2.05, 4.69) is 59.8 Å². The van der Waals surface area contributed by atoms with Crippen LogP contribution in [-0.4, -0.2) is 13.1 Å². The van der Waals surface area contributed by atoms with Gasteiger partial charge in [0.2, 0.25) is 0 Å². The van der Waals surface area contributed by atoms with Crippen molar-refractivity contribution >= 4 is 17.0 Å². The van der Waals surface area contributed by atoms with E-state index in [0.717, 1.165) is 19.6 Å². The number of hydrogen-bond acceptors (Lipinski definition) is 3. The number of fused-ring (bicyclic) bond motifs is 1. The Balaban J connectivity index is 1.90. The largest absolute Gasteiger partial charge is 0.364 e. The maximum Gasteiger partial charge on any atom is 0.0525 e. The molecule has 2 nitrogen and oxygen atoms in total. The van der Waals surface area contributed by atoms with Gasteiger partial charge in [-0.15, -0.1) is 11.3 Å². The number of anilines is 1. The Bertz CT molecular complexity index is 576. The van der Waals surface area contributed by atoms with E-state index < -0.39 is 0 Å². The Morgan fingerprint density at radius 3 is 3.00 bits per heavy atom. The second-order valence-electron chi connectivity index (χ2n) is 5.33. The second kappa shape index (κ2) is 5.98. The fourth-order valence-corrected chi connectivity index (χ4v) is 4.00. The van der Waals surface area contributed by atoms with Crippen LogP contribution in [0.2, 0.25) is 0 Å². The van der Waals surface area contributed by atoms with Crippen molar-refractivity contribution in [3.8, 4) is 0 Å². The lowest BCUT2D eigenvalue weighted by Gasteiger charge is -2.37. The van der Waals surface area contributed by atoms with Gasteiger partial charge in [0.25, 0.3) is 0 Å². The van der Waals surface area contributed by atoms with Gasteiger partial charge in [-0.2, -0.15) is 0 Å². The van der Waals surface area contributed by atoms with Crippen molar-refractivity contribution in [2.75, 3.05) is 18.0 Å². The summed E-state index contributed by atoms with van der Waals surface area (Å²) in [6.07, 6.45) is 1.17. The molecule has 2 aromatic rings. The predicted octanol–water partition coefficient (Wildman–Crippen LogP) is 3.98. The normalized spacial score (nSPS) is 18.1. The monoisotopic (exact) mass is 286 g/mol. The summed E-state index contributed by atoms with van der Waals surface area (Å²) in [5.74, 6) is 0. The van der Waals surface area contributed by atoms with Crippen LogP contribution < -0.4 is 10.2 Å². The molecule has 0 aliphatic carbocycles. The summed E-state index contributed by atoms with van der Waals surface area (Å²) in [7, 11) is 0. The fourth-order valence-electron chi connectivity index (χ4n) is 3.04. The maximum absolute atomic E-state index is 3.45. The predicted molar refractivity (Wildman–Crippen MR) is 87.6 cm³/mol. The van der Waals surface area contributed by atoms with E-state index in [9.17, 15) is 0 Å². The lowest BCUT2D eigenvalue weighted by Crippen LogP contribution is -2.34. The smallest absolute Gasteiger partial charge is 0.0525 e. The molecule has 0 saturated heterocycles. The number of nitrogens with one attached hydrogen (secondary N) is 1. The van der Waals surface area contributed by atoms with E-state index in [-0.39, 0.29) is 0 Å². The molecule has 1 N–H and O–H groups in total. The third-order valence-electron chi connectivity index (χ3n) is 4.14. The van der Waals surface area contributed by atoms with Crippen LogP contribution in [0.1, 0.15) is 35.9 Å². The minimum absolute atomic E-state index is 0.479. The van der Waals surface area contributed by atoms with E-state index in [1.165, 1.54) is 23.2 Å². The van der Waals surface area contributed by atoms with E-state index in [1.54, 1.807) is 4.88 Å². The van der Waals surface area contributed by atoms with Crippen LogP contribution in [0.5, 0.6) is 0 Å². The van der Waals surface area contributed by atoms with E-state index in [0.29, 0.717) is 6.04 Å². The van der Waals surface area contributed by atoms with Crippen molar-refractivity contribution in [1.29, 1.82) is 0 Å². The van der Waals surface area contributed by atoms with Crippen LogP contribution in [-0.2, 0) is 13.0 Å². The fraction of sp³-hybridized carbons (Fsp3) is 0.412.